The van der Waals surface area contributed by atoms with Gasteiger partial charge in [-0.05, 0) is 40.2 Å². The summed E-state index contributed by atoms with van der Waals surface area (Å²) in [7, 11) is 0. The topological polar surface area (TPSA) is 24.7 Å². The van der Waals surface area contributed by atoms with Crippen LogP contribution in [0.2, 0.25) is 0 Å². The minimum Gasteiger partial charge on any atom is -0.176 e. The van der Waals surface area contributed by atoms with Crippen LogP contribution in [0, 0.1) is 0 Å². The summed E-state index contributed by atoms with van der Waals surface area (Å²) in [5, 5.41) is 8.57. The van der Waals surface area contributed by atoms with E-state index in [4.69, 9.17) is 0 Å². The van der Waals surface area contributed by atoms with Crippen LogP contribution in [0.1, 0.15) is 27.7 Å². The van der Waals surface area contributed by atoms with Gasteiger partial charge < -0.3 is 0 Å². The van der Waals surface area contributed by atoms with Gasteiger partial charge in [-0.25, -0.2) is 0 Å². The van der Waals surface area contributed by atoms with Gasteiger partial charge in [0.1, 0.15) is 9.74 Å². The Kier molecular flexibility index (Phi) is 7.58. The quantitative estimate of drug-likeness (QED) is 0.695. The molecule has 0 saturated heterocycles. The summed E-state index contributed by atoms with van der Waals surface area (Å²) in [5.74, 6) is 0. The van der Waals surface area contributed by atoms with Gasteiger partial charge >= 0.3 is 0 Å². The molecule has 0 bridgehead atoms. The van der Waals surface area contributed by atoms with Gasteiger partial charge in [-0.15, -0.1) is 35.9 Å². The van der Waals surface area contributed by atoms with E-state index in [0.717, 1.165) is 0 Å². The SMILES string of the molecule is CSC(C)(C)N=NC(C)(C)SC.Cl. The molecule has 0 atom stereocenters. The van der Waals surface area contributed by atoms with Gasteiger partial charge in [0.05, 0.1) is 0 Å². The zero-order chi connectivity index (χ0) is 9.83. The fourth-order valence-electron chi connectivity index (χ4n) is 0.322. The second-order valence-electron chi connectivity index (χ2n) is 3.50. The van der Waals surface area contributed by atoms with Crippen molar-refractivity contribution in [3.05, 3.63) is 0 Å². The maximum Gasteiger partial charge on any atom is 0.121 e. The van der Waals surface area contributed by atoms with Crippen molar-refractivity contribution < 1.29 is 0 Å². The first-order valence-corrected chi connectivity index (χ1v) is 6.32. The minimum absolute atomic E-state index is 0. The maximum absolute atomic E-state index is 4.28. The van der Waals surface area contributed by atoms with Crippen LogP contribution in [-0.4, -0.2) is 22.3 Å². The Labute approximate surface area is 96.1 Å². The third-order valence-corrected chi connectivity index (χ3v) is 3.69. The van der Waals surface area contributed by atoms with Crippen LogP contribution < -0.4 is 0 Å². The van der Waals surface area contributed by atoms with Crippen LogP contribution in [-0.2, 0) is 0 Å². The molecule has 80 valence electrons. The molecule has 0 aromatic rings. The average molecular weight is 243 g/mol. The summed E-state index contributed by atoms with van der Waals surface area (Å²) < 4.78 is 0. The lowest BCUT2D eigenvalue weighted by molar-refractivity contribution is 0.616. The normalized spacial score (nSPS) is 13.1. The lowest BCUT2D eigenvalue weighted by Gasteiger charge is -2.19. The van der Waals surface area contributed by atoms with E-state index >= 15 is 0 Å². The zero-order valence-corrected chi connectivity index (χ0v) is 11.6. The minimum atomic E-state index is -0.0903. The highest BCUT2D eigenvalue weighted by molar-refractivity contribution is 8.00. The van der Waals surface area contributed by atoms with E-state index in [2.05, 4.69) is 37.9 Å². The van der Waals surface area contributed by atoms with Crippen LogP contribution >= 0.6 is 35.9 Å². The van der Waals surface area contributed by atoms with Crippen molar-refractivity contribution in [2.24, 2.45) is 10.2 Å². The Bertz CT molecular complexity index is 152. The van der Waals surface area contributed by atoms with E-state index in [0.29, 0.717) is 0 Å². The number of azo groups is 1. The molecule has 0 heterocycles. The fourth-order valence-corrected chi connectivity index (χ4v) is 0.567. The van der Waals surface area contributed by atoms with Crippen molar-refractivity contribution in [2.45, 2.75) is 37.4 Å². The van der Waals surface area contributed by atoms with E-state index < -0.39 is 0 Å². The molecule has 0 spiro atoms. The average Bonchev–Trinajstić information content (AvgIpc) is 2.02. The Hall–Kier alpha value is 0.590. The van der Waals surface area contributed by atoms with Crippen molar-refractivity contribution in [3.8, 4) is 0 Å². The molecular weight excluding hydrogens is 224 g/mol. The van der Waals surface area contributed by atoms with Gasteiger partial charge in [0.2, 0.25) is 0 Å². The molecule has 0 N–H and O–H groups in total. The van der Waals surface area contributed by atoms with Crippen LogP contribution in [0.3, 0.4) is 0 Å². The van der Waals surface area contributed by atoms with Gasteiger partial charge in [-0.1, -0.05) is 0 Å². The Morgan fingerprint density at radius 2 is 1.00 bits per heavy atom. The van der Waals surface area contributed by atoms with E-state index in [-0.39, 0.29) is 22.1 Å². The molecule has 0 radical (unpaired) electrons. The maximum atomic E-state index is 4.28. The van der Waals surface area contributed by atoms with Crippen LogP contribution in [0.25, 0.3) is 0 Å². The summed E-state index contributed by atoms with van der Waals surface area (Å²) >= 11 is 3.42. The number of halogens is 1. The fraction of sp³-hybridized carbons (Fsp3) is 1.00. The first-order chi connectivity index (χ1) is 5.33. The first-order valence-electron chi connectivity index (χ1n) is 3.87. The third-order valence-electron chi connectivity index (χ3n) is 1.53. The molecule has 13 heavy (non-hydrogen) atoms. The summed E-state index contributed by atoms with van der Waals surface area (Å²) in [6.07, 6.45) is 4.09. The molecule has 0 unspecified atom stereocenters. The van der Waals surface area contributed by atoms with Crippen molar-refractivity contribution in [3.63, 3.8) is 0 Å². The number of thioether (sulfide) groups is 2. The molecule has 0 aromatic heterocycles. The lowest BCUT2D eigenvalue weighted by atomic mass is 10.4. The number of rotatable bonds is 4. The van der Waals surface area contributed by atoms with Crippen molar-refractivity contribution in [1.82, 2.24) is 0 Å². The molecule has 0 saturated carbocycles. The summed E-state index contributed by atoms with van der Waals surface area (Å²) in [6.45, 7) is 8.27. The van der Waals surface area contributed by atoms with Crippen LogP contribution in [0.5, 0.6) is 0 Å². The van der Waals surface area contributed by atoms with Crippen LogP contribution in [0.4, 0.5) is 0 Å². The summed E-state index contributed by atoms with van der Waals surface area (Å²) in [6, 6.07) is 0. The highest BCUT2D eigenvalue weighted by atomic mass is 35.5. The van der Waals surface area contributed by atoms with Gasteiger partial charge in [0.15, 0.2) is 0 Å². The molecule has 0 amide bonds. The van der Waals surface area contributed by atoms with Gasteiger partial charge in [-0.3, -0.25) is 0 Å². The van der Waals surface area contributed by atoms with Gasteiger partial charge in [0.25, 0.3) is 0 Å². The molecule has 5 heteroatoms. The van der Waals surface area contributed by atoms with E-state index in [1.165, 1.54) is 0 Å². The highest BCUT2D eigenvalue weighted by Crippen LogP contribution is 2.28. The molecule has 0 aliphatic heterocycles. The highest BCUT2D eigenvalue weighted by Gasteiger charge is 2.18. The number of hydrogen-bond acceptors (Lipinski definition) is 4. The Morgan fingerprint density at radius 3 is 1.15 bits per heavy atom. The predicted octanol–water partition coefficient (Wildman–Crippen LogP) is 4.06. The lowest BCUT2D eigenvalue weighted by Crippen LogP contribution is -2.14. The summed E-state index contributed by atoms with van der Waals surface area (Å²) in [5.41, 5.74) is 0. The molecular formula is C8H19ClN2S2. The molecule has 2 nitrogen and oxygen atoms in total. The van der Waals surface area contributed by atoms with Crippen molar-refractivity contribution in [1.29, 1.82) is 0 Å². The molecule has 0 aliphatic rings. The standard InChI is InChI=1S/C8H18N2S2.ClH/c1-7(2,11-5)9-10-8(3,4)12-6;/h1-6H3;1H. The largest absolute Gasteiger partial charge is 0.176 e. The summed E-state index contributed by atoms with van der Waals surface area (Å²) in [4.78, 5) is -0.181. The number of hydrogen-bond donors (Lipinski definition) is 0. The molecule has 0 aliphatic carbocycles. The predicted molar refractivity (Wildman–Crippen MR) is 67.3 cm³/mol. The zero-order valence-electron chi connectivity index (χ0n) is 9.12. The smallest absolute Gasteiger partial charge is 0.121 e. The second kappa shape index (κ2) is 6.14. The van der Waals surface area contributed by atoms with Gasteiger partial charge in [-0.2, -0.15) is 10.2 Å². The van der Waals surface area contributed by atoms with Crippen molar-refractivity contribution >= 4 is 35.9 Å². The second-order valence-corrected chi connectivity index (χ2v) is 6.32. The van der Waals surface area contributed by atoms with E-state index in [9.17, 15) is 0 Å². The first kappa shape index (κ1) is 16.0. The van der Waals surface area contributed by atoms with Crippen molar-refractivity contribution in [2.75, 3.05) is 12.5 Å². The molecule has 0 rings (SSSR count). The van der Waals surface area contributed by atoms with Crippen LogP contribution in [0.15, 0.2) is 10.2 Å². The number of nitrogens with zero attached hydrogens (tertiary/aromatic N) is 2. The molecule has 0 aromatic carbocycles. The Morgan fingerprint density at radius 1 is 0.769 bits per heavy atom. The monoisotopic (exact) mass is 242 g/mol. The third kappa shape index (κ3) is 7.65. The van der Waals surface area contributed by atoms with E-state index in [1.54, 1.807) is 23.5 Å². The van der Waals surface area contributed by atoms with Gasteiger partial charge in [0, 0.05) is 0 Å². The molecule has 0 fully saturated rings. The Balaban J connectivity index is 0. The van der Waals surface area contributed by atoms with E-state index in [1.807, 2.05) is 12.5 Å².